The second kappa shape index (κ2) is 7.41. The summed E-state index contributed by atoms with van der Waals surface area (Å²) in [6.07, 6.45) is 3.01. The summed E-state index contributed by atoms with van der Waals surface area (Å²) in [6, 6.07) is 4.86. The second-order valence-electron chi connectivity index (χ2n) is 5.37. The van der Waals surface area contributed by atoms with E-state index in [1.165, 1.54) is 19.2 Å². The van der Waals surface area contributed by atoms with Crippen molar-refractivity contribution in [3.63, 3.8) is 0 Å². The van der Waals surface area contributed by atoms with Crippen LogP contribution in [0, 0.1) is 5.82 Å². The molecule has 4 nitrogen and oxygen atoms in total. The molecule has 21 heavy (non-hydrogen) atoms. The third-order valence-corrected chi connectivity index (χ3v) is 3.86. The number of methoxy groups -OCH3 is 1. The number of rotatable bonds is 5. The Kier molecular flexibility index (Phi) is 5.56. The highest BCUT2D eigenvalue weighted by Gasteiger charge is 2.23. The van der Waals surface area contributed by atoms with Crippen molar-refractivity contribution in [2.24, 2.45) is 0 Å². The van der Waals surface area contributed by atoms with Crippen molar-refractivity contribution in [2.75, 3.05) is 26.7 Å². The predicted octanol–water partition coefficient (Wildman–Crippen LogP) is 2.44. The van der Waals surface area contributed by atoms with Crippen molar-refractivity contribution in [1.29, 1.82) is 0 Å². The van der Waals surface area contributed by atoms with Crippen molar-refractivity contribution >= 4 is 5.91 Å². The molecule has 2 rings (SSSR count). The summed E-state index contributed by atoms with van der Waals surface area (Å²) >= 11 is 0. The van der Waals surface area contributed by atoms with Crippen molar-refractivity contribution in [3.05, 3.63) is 29.6 Å². The van der Waals surface area contributed by atoms with Gasteiger partial charge in [0.2, 0.25) is 0 Å². The molecule has 1 fully saturated rings. The van der Waals surface area contributed by atoms with E-state index in [9.17, 15) is 9.18 Å². The summed E-state index contributed by atoms with van der Waals surface area (Å²) in [5.41, 5.74) is 0.383. The van der Waals surface area contributed by atoms with Gasteiger partial charge in [0.25, 0.3) is 5.91 Å². The molecule has 1 aliphatic rings. The summed E-state index contributed by atoms with van der Waals surface area (Å²) in [4.78, 5) is 14.2. The molecule has 0 radical (unpaired) electrons. The van der Waals surface area contributed by atoms with Gasteiger partial charge in [0.15, 0.2) is 11.6 Å². The third kappa shape index (κ3) is 3.94. The van der Waals surface area contributed by atoms with E-state index in [0.29, 0.717) is 24.7 Å². The molecule has 1 saturated heterocycles. The van der Waals surface area contributed by atoms with Gasteiger partial charge in [0.1, 0.15) is 0 Å². The van der Waals surface area contributed by atoms with E-state index in [0.717, 1.165) is 25.8 Å². The molecule has 1 aromatic carbocycles. The number of carbonyl (C=O) groups excluding carboxylic acids is 1. The molecule has 1 amide bonds. The Bertz CT molecular complexity index is 485. The average Bonchev–Trinajstić information content (AvgIpc) is 2.52. The maximum Gasteiger partial charge on any atom is 0.253 e. The number of hydrogen-bond donors (Lipinski definition) is 1. The number of nitrogens with zero attached hydrogens (tertiary/aromatic N) is 1. The molecule has 0 spiro atoms. The molecule has 1 N–H and O–H groups in total. The minimum atomic E-state index is -0.497. The lowest BCUT2D eigenvalue weighted by atomic mass is 10.0. The molecule has 116 valence electrons. The van der Waals surface area contributed by atoms with Gasteiger partial charge in [-0.15, -0.1) is 0 Å². The number of carbonyl (C=O) groups is 1. The van der Waals surface area contributed by atoms with E-state index in [1.807, 2.05) is 0 Å². The normalized spacial score (nSPS) is 16.0. The monoisotopic (exact) mass is 294 g/mol. The largest absolute Gasteiger partial charge is 0.494 e. The van der Waals surface area contributed by atoms with Crippen molar-refractivity contribution in [1.82, 2.24) is 10.2 Å². The van der Waals surface area contributed by atoms with Crippen LogP contribution in [0.4, 0.5) is 4.39 Å². The fraction of sp³-hybridized carbons (Fsp3) is 0.562. The molecule has 1 aromatic rings. The van der Waals surface area contributed by atoms with Gasteiger partial charge in [-0.1, -0.05) is 6.92 Å². The Morgan fingerprint density at radius 3 is 2.71 bits per heavy atom. The lowest BCUT2D eigenvalue weighted by Crippen LogP contribution is -2.45. The summed E-state index contributed by atoms with van der Waals surface area (Å²) in [7, 11) is 1.41. The smallest absolute Gasteiger partial charge is 0.253 e. The number of ether oxygens (including phenoxy) is 1. The minimum absolute atomic E-state index is 0.106. The van der Waals surface area contributed by atoms with Crippen LogP contribution >= 0.6 is 0 Å². The zero-order chi connectivity index (χ0) is 15.2. The Morgan fingerprint density at radius 2 is 2.14 bits per heavy atom. The number of halogens is 1. The Balaban J connectivity index is 1.94. The maximum atomic E-state index is 13.7. The van der Waals surface area contributed by atoms with Crippen molar-refractivity contribution in [2.45, 2.75) is 32.2 Å². The highest BCUT2D eigenvalue weighted by molar-refractivity contribution is 5.94. The van der Waals surface area contributed by atoms with Gasteiger partial charge >= 0.3 is 0 Å². The van der Waals surface area contributed by atoms with Gasteiger partial charge in [-0.3, -0.25) is 4.79 Å². The predicted molar refractivity (Wildman–Crippen MR) is 80.2 cm³/mol. The van der Waals surface area contributed by atoms with Crippen LogP contribution in [0.15, 0.2) is 18.2 Å². The molecule has 0 bridgehead atoms. The first-order valence-electron chi connectivity index (χ1n) is 7.52. The van der Waals surface area contributed by atoms with Gasteiger partial charge in [-0.2, -0.15) is 0 Å². The molecule has 5 heteroatoms. The Labute approximate surface area is 125 Å². The number of piperidine rings is 1. The Morgan fingerprint density at radius 1 is 1.43 bits per heavy atom. The van der Waals surface area contributed by atoms with E-state index in [1.54, 1.807) is 11.0 Å². The third-order valence-electron chi connectivity index (χ3n) is 3.86. The van der Waals surface area contributed by atoms with Crippen LogP contribution < -0.4 is 10.1 Å². The SMILES string of the molecule is CCCNC1CCN(C(=O)c2ccc(OC)c(F)c2)CC1. The summed E-state index contributed by atoms with van der Waals surface area (Å²) < 4.78 is 18.5. The van der Waals surface area contributed by atoms with E-state index < -0.39 is 5.82 Å². The van der Waals surface area contributed by atoms with E-state index in [2.05, 4.69) is 12.2 Å². The lowest BCUT2D eigenvalue weighted by molar-refractivity contribution is 0.0705. The van der Waals surface area contributed by atoms with Crippen LogP contribution in [0.1, 0.15) is 36.5 Å². The first-order chi connectivity index (χ1) is 10.2. The zero-order valence-corrected chi connectivity index (χ0v) is 12.7. The number of likely N-dealkylation sites (tertiary alicyclic amines) is 1. The number of hydrogen-bond acceptors (Lipinski definition) is 3. The molecule has 1 aliphatic heterocycles. The number of nitrogens with one attached hydrogen (secondary N) is 1. The van der Waals surface area contributed by atoms with Gasteiger partial charge < -0.3 is 15.0 Å². The minimum Gasteiger partial charge on any atom is -0.494 e. The van der Waals surface area contributed by atoms with Gasteiger partial charge in [0, 0.05) is 24.7 Å². The molecule has 0 aliphatic carbocycles. The van der Waals surface area contributed by atoms with Crippen molar-refractivity contribution < 1.29 is 13.9 Å². The summed E-state index contributed by atoms with van der Waals surface area (Å²) in [5.74, 6) is -0.442. The lowest BCUT2D eigenvalue weighted by Gasteiger charge is -2.32. The van der Waals surface area contributed by atoms with E-state index in [4.69, 9.17) is 4.74 Å². The van der Waals surface area contributed by atoms with Gasteiger partial charge in [-0.05, 0) is 44.0 Å². The quantitative estimate of drug-likeness (QED) is 0.907. The van der Waals surface area contributed by atoms with Gasteiger partial charge in [0.05, 0.1) is 7.11 Å². The molecule has 0 aromatic heterocycles. The molecule has 0 atom stereocenters. The van der Waals surface area contributed by atoms with Crippen LogP contribution in [0.2, 0.25) is 0 Å². The van der Waals surface area contributed by atoms with Crippen LogP contribution in [0.25, 0.3) is 0 Å². The van der Waals surface area contributed by atoms with Crippen LogP contribution in [-0.2, 0) is 0 Å². The molecular formula is C16H23FN2O2. The van der Waals surface area contributed by atoms with Crippen molar-refractivity contribution in [3.8, 4) is 5.75 Å². The Hall–Kier alpha value is -1.62. The zero-order valence-electron chi connectivity index (χ0n) is 12.7. The molecule has 0 saturated carbocycles. The number of benzene rings is 1. The van der Waals surface area contributed by atoms with E-state index >= 15 is 0 Å². The average molecular weight is 294 g/mol. The first-order valence-corrected chi connectivity index (χ1v) is 7.52. The second-order valence-corrected chi connectivity index (χ2v) is 5.37. The molecule has 1 heterocycles. The maximum absolute atomic E-state index is 13.7. The summed E-state index contributed by atoms with van der Waals surface area (Å²) in [5, 5.41) is 3.48. The van der Waals surface area contributed by atoms with Gasteiger partial charge in [-0.25, -0.2) is 4.39 Å². The fourth-order valence-corrected chi connectivity index (χ4v) is 2.62. The standard InChI is InChI=1S/C16H23FN2O2/c1-3-8-18-13-6-9-19(10-7-13)16(20)12-4-5-15(21-2)14(17)11-12/h4-5,11,13,18H,3,6-10H2,1-2H3. The fourth-order valence-electron chi connectivity index (χ4n) is 2.62. The molecule has 0 unspecified atom stereocenters. The van der Waals surface area contributed by atoms with Crippen LogP contribution in [0.3, 0.4) is 0 Å². The van der Waals surface area contributed by atoms with Crippen LogP contribution in [-0.4, -0.2) is 43.6 Å². The highest BCUT2D eigenvalue weighted by atomic mass is 19.1. The highest BCUT2D eigenvalue weighted by Crippen LogP contribution is 2.20. The summed E-state index contributed by atoms with van der Waals surface area (Å²) in [6.45, 7) is 4.59. The first kappa shape index (κ1) is 15.8. The molecular weight excluding hydrogens is 271 g/mol. The topological polar surface area (TPSA) is 41.6 Å². The van der Waals surface area contributed by atoms with Crippen LogP contribution in [0.5, 0.6) is 5.75 Å². The number of amides is 1. The van der Waals surface area contributed by atoms with E-state index in [-0.39, 0.29) is 11.7 Å².